The molecular weight excluding hydrogens is 352 g/mol. The van der Waals surface area contributed by atoms with Gasteiger partial charge in [0.05, 0.1) is 0 Å². The molecular formula is H6AgBaSeSi. The molecule has 4 heteroatoms. The van der Waals surface area contributed by atoms with Crippen molar-refractivity contribution < 1.29 is 25.2 Å². The van der Waals surface area contributed by atoms with Gasteiger partial charge >= 0.3 is 73.1 Å². The molecule has 0 bridgehead atoms. The zero-order chi connectivity index (χ0) is 2.00. The van der Waals surface area contributed by atoms with Gasteiger partial charge in [0.25, 0.3) is 0 Å². The van der Waals surface area contributed by atoms with E-state index in [0.29, 0.717) is 0 Å². The minimum atomic E-state index is 0. The van der Waals surface area contributed by atoms with Crippen LogP contribution in [0.3, 0.4) is 0 Å². The number of hydrogen-bond donors (Lipinski definition) is 0. The van der Waals surface area contributed by atoms with E-state index in [2.05, 4.69) is 15.4 Å². The summed E-state index contributed by atoms with van der Waals surface area (Å²) < 4.78 is 0. The fourth-order valence-electron chi connectivity index (χ4n) is 0. The SMILES string of the molecule is [Ag].[Ba+2].[H-].[H-].[SiH3][SeH]. The van der Waals surface area contributed by atoms with Gasteiger partial charge in [0.15, 0.2) is 0 Å². The van der Waals surface area contributed by atoms with Gasteiger partial charge in [-0.15, -0.1) is 0 Å². The first kappa shape index (κ1) is 15.7. The average Bonchev–Trinajstić information content (AvgIpc) is 1.00. The third kappa shape index (κ3) is 8.90. The zero-order valence-electron chi connectivity index (χ0n) is 4.46. The van der Waals surface area contributed by atoms with Crippen molar-refractivity contribution in [2.75, 3.05) is 0 Å². The van der Waals surface area contributed by atoms with E-state index in [4.69, 9.17) is 0 Å². The normalized spacial score (nSPS) is 2.25. The van der Waals surface area contributed by atoms with Crippen LogP contribution in [0.1, 0.15) is 2.85 Å². The van der Waals surface area contributed by atoms with Crippen LogP contribution in [-0.2, 0) is 22.4 Å². The van der Waals surface area contributed by atoms with Crippen LogP contribution in [0, 0.1) is 0 Å². The fraction of sp³-hybridized carbons (Fsp3) is 0. The Balaban J connectivity index is -0.000000000833. The van der Waals surface area contributed by atoms with Crippen LogP contribution in [0.2, 0.25) is 0 Å². The van der Waals surface area contributed by atoms with Crippen molar-refractivity contribution >= 4 is 73.1 Å². The first-order chi connectivity index (χ1) is 1.00. The van der Waals surface area contributed by atoms with Crippen LogP contribution < -0.4 is 0 Å². The van der Waals surface area contributed by atoms with Gasteiger partial charge in [0, 0.05) is 22.4 Å². The summed E-state index contributed by atoms with van der Waals surface area (Å²) in [4.78, 5) is 0. The van der Waals surface area contributed by atoms with Gasteiger partial charge in [-0.25, -0.2) is 0 Å². The Morgan fingerprint density at radius 3 is 1.50 bits per heavy atom. The first-order valence-corrected chi connectivity index (χ1v) is 6.97. The Kier molecular flexibility index (Phi) is 65.2. The van der Waals surface area contributed by atoms with Crippen molar-refractivity contribution in [1.29, 1.82) is 0 Å². The van der Waals surface area contributed by atoms with Crippen LogP contribution in [0.25, 0.3) is 0 Å². The molecule has 0 aromatic rings. The summed E-state index contributed by atoms with van der Waals surface area (Å²) in [6, 6.07) is 0. The predicted octanol–water partition coefficient (Wildman–Crippen LogP) is -1.99. The molecule has 0 aromatic heterocycles. The van der Waals surface area contributed by atoms with Crippen molar-refractivity contribution in [2.45, 2.75) is 0 Å². The molecule has 0 fully saturated rings. The van der Waals surface area contributed by atoms with Gasteiger partial charge in [0.2, 0.25) is 0 Å². The van der Waals surface area contributed by atoms with Crippen molar-refractivity contribution in [3.63, 3.8) is 0 Å². The van der Waals surface area contributed by atoms with E-state index in [1.807, 2.05) is 0 Å². The first-order valence-electron chi connectivity index (χ1n) is 0.447. The van der Waals surface area contributed by atoms with E-state index in [9.17, 15) is 0 Å². The van der Waals surface area contributed by atoms with Gasteiger partial charge in [-0.2, -0.15) is 0 Å². The molecule has 0 heterocycles. The summed E-state index contributed by atoms with van der Waals surface area (Å²) >= 11 is 2.45. The molecule has 0 amide bonds. The Morgan fingerprint density at radius 2 is 1.50 bits per heavy atom. The van der Waals surface area contributed by atoms with Crippen molar-refractivity contribution in [1.82, 2.24) is 0 Å². The van der Waals surface area contributed by atoms with Gasteiger partial charge in [0.1, 0.15) is 0 Å². The van der Waals surface area contributed by atoms with Gasteiger partial charge in [-0.3, -0.25) is 0 Å². The molecule has 1 radical (unpaired) electrons. The zero-order valence-corrected chi connectivity index (χ0v) is 12.3. The van der Waals surface area contributed by atoms with Crippen LogP contribution in [0.4, 0.5) is 0 Å². The van der Waals surface area contributed by atoms with E-state index in [1.165, 1.54) is 8.85 Å². The van der Waals surface area contributed by atoms with E-state index >= 15 is 0 Å². The summed E-state index contributed by atoms with van der Waals surface area (Å²) in [5.41, 5.74) is 0. The fourth-order valence-corrected chi connectivity index (χ4v) is 0. The Hall–Kier alpha value is 3.05. The summed E-state index contributed by atoms with van der Waals surface area (Å²) in [5.74, 6) is 0. The van der Waals surface area contributed by atoms with Gasteiger partial charge in [-0.1, -0.05) is 0 Å². The molecule has 0 aliphatic heterocycles. The minimum absolute atomic E-state index is 0. The molecule has 0 saturated heterocycles. The van der Waals surface area contributed by atoms with Crippen molar-refractivity contribution in [3.05, 3.63) is 0 Å². The molecule has 0 aromatic carbocycles. The molecule has 0 N–H and O–H groups in total. The monoisotopic (exact) mass is 359 g/mol. The molecule has 0 rings (SSSR count). The standard InChI is InChI=1S/Ag.Ba.H4SeSi.2H/c;;1-2;;/h;;1H,2H3;;/q;+2;;2*-1. The molecule has 0 nitrogen and oxygen atoms in total. The van der Waals surface area contributed by atoms with Gasteiger partial charge in [-0.05, 0) is 0 Å². The number of rotatable bonds is 0. The second-order valence-corrected chi connectivity index (χ2v) is 0. The van der Waals surface area contributed by atoms with E-state index in [-0.39, 0.29) is 74.1 Å². The third-order valence-corrected chi connectivity index (χ3v) is 0. The van der Waals surface area contributed by atoms with Crippen LogP contribution in [0.5, 0.6) is 0 Å². The van der Waals surface area contributed by atoms with E-state index in [0.717, 1.165) is 0 Å². The van der Waals surface area contributed by atoms with E-state index in [1.54, 1.807) is 0 Å². The Bertz CT molecular complexity index is 13.5. The average molecular weight is 358 g/mol. The second kappa shape index (κ2) is 16.6. The molecule has 0 aliphatic carbocycles. The van der Waals surface area contributed by atoms with Crippen LogP contribution >= 0.6 is 0 Å². The molecule has 0 atom stereocenters. The second-order valence-electron chi connectivity index (χ2n) is 0. The summed E-state index contributed by atoms with van der Waals surface area (Å²) in [7, 11) is 1.24. The maximum absolute atomic E-state index is 2.45. The Morgan fingerprint density at radius 1 is 1.50 bits per heavy atom. The number of hydrogen-bond acceptors (Lipinski definition) is 0. The summed E-state index contributed by atoms with van der Waals surface area (Å²) in [6.45, 7) is 0. The molecule has 4 heavy (non-hydrogen) atoms. The van der Waals surface area contributed by atoms with Crippen molar-refractivity contribution in [3.8, 4) is 0 Å². The summed E-state index contributed by atoms with van der Waals surface area (Å²) in [6.07, 6.45) is 0. The molecule has 0 saturated carbocycles. The molecule has 0 aliphatic rings. The molecule has 0 unspecified atom stereocenters. The summed E-state index contributed by atoms with van der Waals surface area (Å²) in [5, 5.41) is 0. The third-order valence-electron chi connectivity index (χ3n) is 0. The van der Waals surface area contributed by atoms with Crippen molar-refractivity contribution in [2.24, 2.45) is 0 Å². The van der Waals surface area contributed by atoms with E-state index < -0.39 is 0 Å². The predicted molar refractivity (Wildman–Crippen MR) is 25.1 cm³/mol. The topological polar surface area (TPSA) is 0 Å². The Labute approximate surface area is 96.1 Å². The maximum atomic E-state index is 2.45. The molecule has 0 spiro atoms. The molecule has 29 valence electrons. The quantitative estimate of drug-likeness (QED) is 0.440. The van der Waals surface area contributed by atoms with Gasteiger partial charge < -0.3 is 2.85 Å². The van der Waals surface area contributed by atoms with Crippen LogP contribution in [-0.4, -0.2) is 73.1 Å². The van der Waals surface area contributed by atoms with Crippen LogP contribution in [0.15, 0.2) is 0 Å².